The summed E-state index contributed by atoms with van der Waals surface area (Å²) < 4.78 is 87.5. The van der Waals surface area contributed by atoms with E-state index in [-0.39, 0.29) is 63.1 Å². The average molecular weight is 1430 g/mol. The topological polar surface area (TPSA) is 182 Å². The van der Waals surface area contributed by atoms with Gasteiger partial charge in [0.2, 0.25) is 0 Å². The maximum atomic E-state index is 10.9. The molecule has 4 radical (unpaired) electrons. The predicted octanol–water partition coefficient (Wildman–Crippen LogP) is 8.01. The second-order valence-electron chi connectivity index (χ2n) is 21.8. The van der Waals surface area contributed by atoms with Gasteiger partial charge in [0.1, 0.15) is 91.1 Å². The summed E-state index contributed by atoms with van der Waals surface area (Å²) >= 11 is 0. The van der Waals surface area contributed by atoms with Crippen molar-refractivity contribution in [2.24, 2.45) is 0 Å². The van der Waals surface area contributed by atoms with Gasteiger partial charge in [-0.1, -0.05) is 109 Å². The van der Waals surface area contributed by atoms with Crippen LogP contribution in [0.15, 0.2) is 158 Å². The van der Waals surface area contributed by atoms with Crippen LogP contribution < -0.4 is 18.9 Å². The van der Waals surface area contributed by atoms with E-state index in [4.69, 9.17) is 91.8 Å². The van der Waals surface area contributed by atoms with Gasteiger partial charge in [0.15, 0.2) is 0 Å². The van der Waals surface area contributed by atoms with Gasteiger partial charge in [0, 0.05) is 78.1 Å². The molecule has 0 aliphatic carbocycles. The fourth-order valence-electron chi connectivity index (χ4n) is 12.3. The zero-order chi connectivity index (χ0) is 60.5. The molecule has 454 valence electrons. The van der Waals surface area contributed by atoms with Crippen LogP contribution in [0.3, 0.4) is 0 Å². The van der Waals surface area contributed by atoms with Gasteiger partial charge in [-0.25, -0.2) is 0 Å². The van der Waals surface area contributed by atoms with E-state index in [9.17, 15) is 5.11 Å². The molecule has 12 rings (SSSR count). The van der Waals surface area contributed by atoms with Crippen LogP contribution in [0.25, 0.3) is 0 Å². The number of hydrogen-bond donors (Lipinski definition) is 1. The molecule has 6 aromatic rings. The van der Waals surface area contributed by atoms with E-state index in [0.29, 0.717) is 32.4 Å². The van der Waals surface area contributed by atoms with Crippen molar-refractivity contribution in [3.63, 3.8) is 0 Å². The number of nitriles is 1. The van der Waals surface area contributed by atoms with E-state index in [2.05, 4.69) is 18.2 Å². The first-order valence-electron chi connectivity index (χ1n) is 28.4. The third kappa shape index (κ3) is 13.3. The molecule has 6 aliphatic rings. The first-order chi connectivity index (χ1) is 41.8. The van der Waals surface area contributed by atoms with Crippen molar-refractivity contribution in [1.29, 1.82) is 5.26 Å². The van der Waals surface area contributed by atoms with E-state index in [1.807, 2.05) is 152 Å². The summed E-state index contributed by atoms with van der Waals surface area (Å²) in [5.41, 5.74) is 1.15. The van der Waals surface area contributed by atoms with Crippen LogP contribution in [-0.2, 0) is 63.1 Å². The fraction of sp³-hybridized carbons (Fsp3) is 0.424. The van der Waals surface area contributed by atoms with Gasteiger partial charge < -0.3 is 75.9 Å². The van der Waals surface area contributed by atoms with Crippen LogP contribution in [0.1, 0.15) is 39.8 Å². The number of aliphatic hydroxyl groups is 1. The number of aliphatic hydroxyl groups excluding tert-OH is 1. The van der Waals surface area contributed by atoms with Crippen LogP contribution in [-0.4, -0.2) is 181 Å². The molecule has 6 fully saturated rings. The number of benzene rings is 6. The van der Waals surface area contributed by atoms with E-state index in [1.165, 1.54) is 0 Å². The van der Waals surface area contributed by atoms with Gasteiger partial charge in [0.25, 0.3) is 0 Å². The Balaban J connectivity index is 0.000000174. The van der Waals surface area contributed by atoms with Gasteiger partial charge in [-0.15, -0.1) is 0 Å². The molecule has 6 heterocycles. The van der Waals surface area contributed by atoms with Crippen LogP contribution in [0.5, 0.6) is 23.0 Å². The molecule has 87 heavy (non-hydrogen) atoms. The standard InChI is InChI=1S/C31H33BNO6P.C27H27BO6.C8H13O4.U/c1-34-25-14-10-23(11-15-25)31(22-8-5-4-6-9-22,24-12-16-26(35-2)17-13-24)37-21-30-20-36-27(29(32)38-30)28(30)39-40(3)19-7-18-33;1-30-21-12-8-19(9-13-21)27(18-6-4-3-5-7-18,20-10-14-22(31-2)15-11-20)33-17-26-16-32-23(24(26)29)25(28)34-26;1-9-4-8-5-11-6(3-12-8)7(8)10-2;/h4-6,8-17,27-29H,7,19-21H2,1-3H3;3-15,23-25,29H,16-17H2,1-2H3;3,6-7H,4-5H2,1-2H3;/q;;-1;/t27-,28?,29+,30+,40?;23-,24?,25+,26+;6-,7?,8+;/m001./s1. The van der Waals surface area contributed by atoms with Gasteiger partial charge in [-0.3, -0.25) is 0 Å². The summed E-state index contributed by atoms with van der Waals surface area (Å²) in [5, 5.41) is 19.9. The largest absolute Gasteiger partial charge is 0.540 e. The minimum Gasteiger partial charge on any atom is -0.540 e. The summed E-state index contributed by atoms with van der Waals surface area (Å²) in [6.45, 7) is 5.53. The summed E-state index contributed by atoms with van der Waals surface area (Å²) in [6, 6.07) is 52.3. The Hall–Kier alpha value is -4.86. The van der Waals surface area contributed by atoms with Crippen LogP contribution in [0.2, 0.25) is 0 Å². The molecule has 21 heteroatoms. The van der Waals surface area contributed by atoms with Gasteiger partial charge >= 0.3 is 0 Å². The van der Waals surface area contributed by atoms with Crippen molar-refractivity contribution < 1.29 is 107 Å². The van der Waals surface area contributed by atoms with Crippen LogP contribution in [0.4, 0.5) is 0 Å². The number of nitrogens with zero attached hydrogens (tertiary/aromatic N) is 1. The molecule has 4 unspecified atom stereocenters. The number of hydrogen-bond acceptors (Lipinski definition) is 17. The Kier molecular flexibility index (Phi) is 22.5. The molecule has 0 aromatic heterocycles. The molecule has 17 nitrogen and oxygen atoms in total. The molecule has 0 amide bonds. The first kappa shape index (κ1) is 66.6. The third-order valence-corrected chi connectivity index (χ3v) is 18.2. The fourth-order valence-corrected chi connectivity index (χ4v) is 13.5. The molecule has 6 bridgehead atoms. The number of fused-ring (bicyclic) bond motifs is 6. The Morgan fingerprint density at radius 1 is 0.552 bits per heavy atom. The second-order valence-corrected chi connectivity index (χ2v) is 23.8. The molecule has 1 N–H and O–H groups in total. The average Bonchev–Trinajstić information content (AvgIpc) is 1.84. The van der Waals surface area contributed by atoms with Crippen LogP contribution in [0, 0.1) is 49.1 Å². The third-order valence-electron chi connectivity index (χ3n) is 16.8. The zero-order valence-electron chi connectivity index (χ0n) is 50.0. The van der Waals surface area contributed by atoms with Crippen molar-refractivity contribution in [3.8, 4) is 29.1 Å². The number of ether oxygens (including phenoxy) is 14. The van der Waals surface area contributed by atoms with Crippen LogP contribution >= 0.6 is 8.15 Å². The molecule has 0 spiro atoms. The molecular weight excluding hydrogens is 1350 g/mol. The number of methoxy groups -OCH3 is 6. The minimum atomic E-state index is -1.04. The minimum absolute atomic E-state index is 0. The molecule has 6 aromatic carbocycles. The Bertz CT molecular complexity index is 3050. The van der Waals surface area contributed by atoms with E-state index in [1.54, 1.807) is 49.3 Å². The van der Waals surface area contributed by atoms with Gasteiger partial charge in [-0.2, -0.15) is 11.9 Å². The molecule has 0 saturated carbocycles. The number of rotatable bonds is 23. The first-order valence-corrected chi connectivity index (χ1v) is 30.3. The normalized spacial score (nSPS) is 27.6. The SMILES string of the molecule is COC[C@@]12CO[C@H]([CH-]O1)C2OC.[B][C@@H]1O[C@@]2(COC(c3ccccc3)(c3ccc(OC)cc3)c3ccc(OC)cc3)CO[C@H]1C2O.[B][C@@H]1O[C@@]2(COC(c3ccccc3)(c3ccc(OC)cc3)c3ccc(OC)cc3)CO[C@H]1C2OP(C)CCC#N.[U]. The maximum absolute atomic E-state index is 10.9. The van der Waals surface area contributed by atoms with E-state index < -0.39 is 72.6 Å². The van der Waals surface area contributed by atoms with E-state index >= 15 is 0 Å². The Labute approximate surface area is 537 Å². The summed E-state index contributed by atoms with van der Waals surface area (Å²) in [6.07, 6.45) is -1.17. The quantitative estimate of drug-likeness (QED) is 0.0282. The monoisotopic (exact) mass is 1430 g/mol. The molecular formula is C66H73B2NO16PU-. The van der Waals surface area contributed by atoms with Crippen molar-refractivity contribution in [2.75, 3.05) is 95.1 Å². The summed E-state index contributed by atoms with van der Waals surface area (Å²) in [5.74, 6) is 2.98. The molecule has 12 atom stereocenters. The molecule has 6 aliphatic heterocycles. The second kappa shape index (κ2) is 29.4. The zero-order valence-corrected chi connectivity index (χ0v) is 55.0. The summed E-state index contributed by atoms with van der Waals surface area (Å²) in [4.78, 5) is 0. The van der Waals surface area contributed by atoms with Crippen molar-refractivity contribution >= 4 is 23.8 Å². The van der Waals surface area contributed by atoms with Crippen molar-refractivity contribution in [3.05, 3.63) is 198 Å². The van der Waals surface area contributed by atoms with Gasteiger partial charge in [-0.05, 0) is 94.7 Å². The Morgan fingerprint density at radius 2 is 0.954 bits per heavy atom. The predicted molar refractivity (Wildman–Crippen MR) is 322 cm³/mol. The summed E-state index contributed by atoms with van der Waals surface area (Å²) in [7, 11) is 21.4. The molecule has 6 saturated heterocycles. The van der Waals surface area contributed by atoms with Crippen molar-refractivity contribution in [2.45, 2.75) is 83.1 Å². The maximum Gasteiger partial charge on any atom is 0.143 e. The Morgan fingerprint density at radius 3 is 1.32 bits per heavy atom. The smallest absolute Gasteiger partial charge is 0.143 e. The van der Waals surface area contributed by atoms with Crippen molar-refractivity contribution in [1.82, 2.24) is 0 Å². The van der Waals surface area contributed by atoms with E-state index in [0.717, 1.165) is 56.4 Å². The van der Waals surface area contributed by atoms with Gasteiger partial charge in [0.05, 0.1) is 80.3 Å².